The largest absolute Gasteiger partial charge is 0.493 e. The van der Waals surface area contributed by atoms with Crippen molar-refractivity contribution in [2.75, 3.05) is 13.7 Å². The van der Waals surface area contributed by atoms with Crippen molar-refractivity contribution in [1.82, 2.24) is 0 Å². The Bertz CT molecular complexity index is 499. The second-order valence-electron chi connectivity index (χ2n) is 5.55. The van der Waals surface area contributed by atoms with E-state index in [0.717, 1.165) is 17.7 Å². The molecule has 1 aromatic carbocycles. The quantitative estimate of drug-likeness (QED) is 0.855. The highest BCUT2D eigenvalue weighted by atomic mass is 16.5. The molecule has 1 aromatic rings. The number of hydrogen-bond donors (Lipinski definition) is 1. The van der Waals surface area contributed by atoms with E-state index in [4.69, 9.17) is 15.2 Å². The molecule has 1 aliphatic heterocycles. The SMILES string of the molecule is COC(=O)CCOc1ccc2c(c1)OC(C)(C)CC2N. The fourth-order valence-electron chi connectivity index (χ4n) is 2.33. The number of benzene rings is 1. The number of esters is 1. The first-order valence-corrected chi connectivity index (χ1v) is 6.69. The third-order valence-electron chi connectivity index (χ3n) is 3.28. The molecule has 2 N–H and O–H groups in total. The van der Waals surface area contributed by atoms with Crippen LogP contribution in [0.25, 0.3) is 0 Å². The summed E-state index contributed by atoms with van der Waals surface area (Å²) in [6.45, 7) is 4.31. The zero-order chi connectivity index (χ0) is 14.8. The second-order valence-corrected chi connectivity index (χ2v) is 5.55. The van der Waals surface area contributed by atoms with Crippen LogP contribution in [0, 0.1) is 0 Å². The smallest absolute Gasteiger partial charge is 0.308 e. The van der Waals surface area contributed by atoms with Crippen molar-refractivity contribution < 1.29 is 19.0 Å². The molecule has 0 spiro atoms. The minimum atomic E-state index is -0.289. The molecular formula is C15H21NO4. The van der Waals surface area contributed by atoms with Crippen LogP contribution in [-0.4, -0.2) is 25.3 Å². The summed E-state index contributed by atoms with van der Waals surface area (Å²) in [6, 6.07) is 5.56. The summed E-state index contributed by atoms with van der Waals surface area (Å²) in [5, 5.41) is 0. The number of fused-ring (bicyclic) bond motifs is 1. The summed E-state index contributed by atoms with van der Waals surface area (Å²) in [5.41, 5.74) is 6.86. The number of ether oxygens (including phenoxy) is 3. The van der Waals surface area contributed by atoms with Gasteiger partial charge in [0.05, 0.1) is 20.1 Å². The lowest BCUT2D eigenvalue weighted by Crippen LogP contribution is -2.37. The van der Waals surface area contributed by atoms with Crippen molar-refractivity contribution in [3.8, 4) is 11.5 Å². The molecule has 0 fully saturated rings. The molecular weight excluding hydrogens is 258 g/mol. The maximum absolute atomic E-state index is 11.0. The van der Waals surface area contributed by atoms with Gasteiger partial charge in [-0.05, 0) is 19.9 Å². The number of carbonyl (C=O) groups is 1. The Morgan fingerprint density at radius 2 is 2.25 bits per heavy atom. The molecule has 0 aliphatic carbocycles. The Labute approximate surface area is 119 Å². The third kappa shape index (κ3) is 3.42. The van der Waals surface area contributed by atoms with E-state index in [9.17, 15) is 4.79 Å². The number of carbonyl (C=O) groups excluding carboxylic acids is 1. The van der Waals surface area contributed by atoms with Crippen molar-refractivity contribution in [3.05, 3.63) is 23.8 Å². The van der Waals surface area contributed by atoms with E-state index in [1.165, 1.54) is 7.11 Å². The van der Waals surface area contributed by atoms with E-state index in [1.54, 1.807) is 0 Å². The first kappa shape index (κ1) is 14.7. The number of rotatable bonds is 4. The van der Waals surface area contributed by atoms with Crippen LogP contribution in [0.4, 0.5) is 0 Å². The van der Waals surface area contributed by atoms with Gasteiger partial charge in [0.2, 0.25) is 0 Å². The number of nitrogens with two attached hydrogens (primary N) is 1. The summed E-state index contributed by atoms with van der Waals surface area (Å²) in [6.07, 6.45) is 1.00. The Kier molecular flexibility index (Phi) is 4.18. The van der Waals surface area contributed by atoms with Gasteiger partial charge in [0.15, 0.2) is 0 Å². The van der Waals surface area contributed by atoms with Gasteiger partial charge in [0.25, 0.3) is 0 Å². The van der Waals surface area contributed by atoms with Crippen LogP contribution >= 0.6 is 0 Å². The Morgan fingerprint density at radius 3 is 2.95 bits per heavy atom. The molecule has 1 heterocycles. The van der Waals surface area contributed by atoms with E-state index < -0.39 is 0 Å². The van der Waals surface area contributed by atoms with E-state index in [1.807, 2.05) is 32.0 Å². The molecule has 0 amide bonds. The molecule has 0 aromatic heterocycles. The maximum Gasteiger partial charge on any atom is 0.308 e. The van der Waals surface area contributed by atoms with Gasteiger partial charge >= 0.3 is 5.97 Å². The van der Waals surface area contributed by atoms with Crippen molar-refractivity contribution in [2.45, 2.75) is 38.3 Å². The Hall–Kier alpha value is -1.75. The standard InChI is InChI=1S/C15H21NO4/c1-15(2)9-12(16)11-5-4-10(8-13(11)20-15)19-7-6-14(17)18-3/h4-5,8,12H,6-7,9,16H2,1-3H3. The van der Waals surface area contributed by atoms with Gasteiger partial charge in [-0.15, -0.1) is 0 Å². The van der Waals surface area contributed by atoms with E-state index in [2.05, 4.69) is 4.74 Å². The molecule has 2 rings (SSSR count). The van der Waals surface area contributed by atoms with Gasteiger partial charge in [-0.1, -0.05) is 6.07 Å². The van der Waals surface area contributed by atoms with Crippen LogP contribution in [0.15, 0.2) is 18.2 Å². The highest BCUT2D eigenvalue weighted by Gasteiger charge is 2.31. The summed E-state index contributed by atoms with van der Waals surface area (Å²) in [4.78, 5) is 11.0. The van der Waals surface area contributed by atoms with Crippen molar-refractivity contribution in [1.29, 1.82) is 0 Å². The minimum Gasteiger partial charge on any atom is -0.493 e. The monoisotopic (exact) mass is 279 g/mol. The molecule has 0 saturated heterocycles. The molecule has 20 heavy (non-hydrogen) atoms. The fraction of sp³-hybridized carbons (Fsp3) is 0.533. The summed E-state index contributed by atoms with van der Waals surface area (Å²) >= 11 is 0. The third-order valence-corrected chi connectivity index (χ3v) is 3.28. The molecule has 5 heteroatoms. The number of methoxy groups -OCH3 is 1. The highest BCUT2D eigenvalue weighted by molar-refractivity contribution is 5.69. The van der Waals surface area contributed by atoms with E-state index in [-0.39, 0.29) is 30.6 Å². The van der Waals surface area contributed by atoms with Gasteiger partial charge in [0.1, 0.15) is 17.1 Å². The maximum atomic E-state index is 11.0. The van der Waals surface area contributed by atoms with Gasteiger partial charge in [0, 0.05) is 24.1 Å². The molecule has 5 nitrogen and oxygen atoms in total. The molecule has 1 unspecified atom stereocenters. The average molecular weight is 279 g/mol. The Balaban J connectivity index is 2.06. The number of hydrogen-bond acceptors (Lipinski definition) is 5. The molecule has 110 valence electrons. The van der Waals surface area contributed by atoms with Crippen molar-refractivity contribution >= 4 is 5.97 Å². The van der Waals surface area contributed by atoms with Crippen LogP contribution in [-0.2, 0) is 9.53 Å². The van der Waals surface area contributed by atoms with Crippen molar-refractivity contribution in [3.63, 3.8) is 0 Å². The fourth-order valence-corrected chi connectivity index (χ4v) is 2.33. The van der Waals surface area contributed by atoms with Crippen LogP contribution in [0.3, 0.4) is 0 Å². The highest BCUT2D eigenvalue weighted by Crippen LogP contribution is 2.39. The molecule has 0 bridgehead atoms. The molecule has 0 radical (unpaired) electrons. The second kappa shape index (κ2) is 5.71. The van der Waals surface area contributed by atoms with Crippen LogP contribution in [0.2, 0.25) is 0 Å². The zero-order valence-electron chi connectivity index (χ0n) is 12.1. The zero-order valence-corrected chi connectivity index (χ0v) is 12.1. The summed E-state index contributed by atoms with van der Waals surface area (Å²) in [7, 11) is 1.36. The van der Waals surface area contributed by atoms with Crippen LogP contribution in [0.5, 0.6) is 11.5 Å². The lowest BCUT2D eigenvalue weighted by molar-refractivity contribution is -0.141. The lowest BCUT2D eigenvalue weighted by Gasteiger charge is -2.36. The summed E-state index contributed by atoms with van der Waals surface area (Å²) in [5.74, 6) is 1.13. The minimum absolute atomic E-state index is 0.0298. The topological polar surface area (TPSA) is 70.8 Å². The molecule has 1 atom stereocenters. The molecule has 1 aliphatic rings. The van der Waals surface area contributed by atoms with Gasteiger partial charge in [-0.3, -0.25) is 4.79 Å². The van der Waals surface area contributed by atoms with Gasteiger partial charge in [-0.25, -0.2) is 0 Å². The normalized spacial score (nSPS) is 19.7. The lowest BCUT2D eigenvalue weighted by atomic mass is 9.90. The van der Waals surface area contributed by atoms with E-state index >= 15 is 0 Å². The predicted octanol–water partition coefficient (Wildman–Crippen LogP) is 2.19. The van der Waals surface area contributed by atoms with Crippen LogP contribution < -0.4 is 15.2 Å². The first-order valence-electron chi connectivity index (χ1n) is 6.69. The van der Waals surface area contributed by atoms with E-state index in [0.29, 0.717) is 5.75 Å². The Morgan fingerprint density at radius 1 is 1.50 bits per heavy atom. The molecule has 0 saturated carbocycles. The first-order chi connectivity index (χ1) is 9.41. The van der Waals surface area contributed by atoms with Gasteiger partial charge in [-0.2, -0.15) is 0 Å². The summed E-state index contributed by atoms with van der Waals surface area (Å²) < 4.78 is 16.0. The predicted molar refractivity (Wildman–Crippen MR) is 74.8 cm³/mol. The average Bonchev–Trinajstić information content (AvgIpc) is 2.36. The van der Waals surface area contributed by atoms with Crippen LogP contribution in [0.1, 0.15) is 38.3 Å². The van der Waals surface area contributed by atoms with Crippen molar-refractivity contribution in [2.24, 2.45) is 5.73 Å². The van der Waals surface area contributed by atoms with Gasteiger partial charge < -0.3 is 19.9 Å².